The van der Waals surface area contributed by atoms with Crippen LogP contribution in [0.5, 0.6) is 17.2 Å². The smallest absolute Gasteiger partial charge is 0.343 e. The summed E-state index contributed by atoms with van der Waals surface area (Å²) >= 11 is 0. The van der Waals surface area contributed by atoms with E-state index in [9.17, 15) is 23.1 Å². The Morgan fingerprint density at radius 3 is 1.94 bits per heavy atom. The summed E-state index contributed by atoms with van der Waals surface area (Å²) in [6, 6.07) is 18.1. The fourth-order valence-corrected chi connectivity index (χ4v) is 3.39. The van der Waals surface area contributed by atoms with Gasteiger partial charge in [-0.2, -0.15) is 0 Å². The van der Waals surface area contributed by atoms with Crippen LogP contribution in [0.25, 0.3) is 22.3 Å². The molecule has 0 atom stereocenters. The molecule has 1 N–H and O–H groups in total. The van der Waals surface area contributed by atoms with Crippen molar-refractivity contribution in [2.24, 2.45) is 0 Å². The van der Waals surface area contributed by atoms with Gasteiger partial charge < -0.3 is 14.6 Å². The summed E-state index contributed by atoms with van der Waals surface area (Å²) in [6.07, 6.45) is 1.51. The molecule has 0 fully saturated rings. The van der Waals surface area contributed by atoms with Gasteiger partial charge in [0.15, 0.2) is 23.2 Å². The van der Waals surface area contributed by atoms with Crippen LogP contribution in [-0.4, -0.2) is 17.7 Å². The number of ether oxygens (including phenoxy) is 2. The number of hydrogen-bond donors (Lipinski definition) is 1. The molecule has 0 unspecified atom stereocenters. The van der Waals surface area contributed by atoms with Crippen LogP contribution >= 0.6 is 0 Å². The minimum atomic E-state index is -1.05. The van der Waals surface area contributed by atoms with Crippen molar-refractivity contribution < 1.29 is 32.5 Å². The molecular formula is C28H19F3O4. The Balaban J connectivity index is 1.52. The molecule has 7 heteroatoms. The second-order valence-corrected chi connectivity index (χ2v) is 7.49. The Bertz CT molecular complexity index is 1380. The topological polar surface area (TPSA) is 55.8 Å². The van der Waals surface area contributed by atoms with E-state index in [1.807, 2.05) is 0 Å². The molecule has 0 aromatic heterocycles. The number of aromatic hydroxyl groups is 1. The van der Waals surface area contributed by atoms with E-state index >= 15 is 0 Å². The molecule has 0 saturated heterocycles. The minimum Gasteiger partial charge on any atom is -0.508 e. The number of phenolic OH excluding ortho intramolecular Hbond substituents is 1. The van der Waals surface area contributed by atoms with Crippen molar-refractivity contribution >= 4 is 5.97 Å². The summed E-state index contributed by atoms with van der Waals surface area (Å²) in [5.74, 6) is -3.67. The molecule has 4 rings (SSSR count). The van der Waals surface area contributed by atoms with Crippen LogP contribution in [0.3, 0.4) is 0 Å². The highest BCUT2D eigenvalue weighted by molar-refractivity contribution is 5.91. The highest BCUT2D eigenvalue weighted by Crippen LogP contribution is 2.32. The molecule has 0 bridgehead atoms. The lowest BCUT2D eigenvalue weighted by Crippen LogP contribution is -2.09. The minimum absolute atomic E-state index is 0.00565. The van der Waals surface area contributed by atoms with Gasteiger partial charge in [-0.3, -0.25) is 0 Å². The third-order valence-corrected chi connectivity index (χ3v) is 5.17. The Kier molecular flexibility index (Phi) is 6.87. The first-order chi connectivity index (χ1) is 16.9. The molecule has 0 amide bonds. The highest BCUT2D eigenvalue weighted by Gasteiger charge is 2.17. The molecule has 4 nitrogen and oxygen atoms in total. The van der Waals surface area contributed by atoms with Gasteiger partial charge in [-0.05, 0) is 47.5 Å². The fourth-order valence-electron chi connectivity index (χ4n) is 3.39. The number of rotatable bonds is 7. The second kappa shape index (κ2) is 10.2. The number of carbonyl (C=O) groups excluding carboxylic acids is 1. The van der Waals surface area contributed by atoms with Crippen LogP contribution in [0.4, 0.5) is 13.2 Å². The number of phenols is 1. The monoisotopic (exact) mass is 476 g/mol. The lowest BCUT2D eigenvalue weighted by atomic mass is 9.98. The molecule has 176 valence electrons. The number of carbonyl (C=O) groups is 1. The predicted molar refractivity (Wildman–Crippen MR) is 126 cm³/mol. The number of benzene rings is 4. The number of hydrogen-bond acceptors (Lipinski definition) is 4. The van der Waals surface area contributed by atoms with Crippen molar-refractivity contribution in [3.8, 4) is 39.5 Å². The van der Waals surface area contributed by atoms with E-state index in [1.165, 1.54) is 78.9 Å². The van der Waals surface area contributed by atoms with E-state index in [2.05, 4.69) is 6.58 Å². The van der Waals surface area contributed by atoms with Crippen molar-refractivity contribution in [2.75, 3.05) is 6.61 Å². The predicted octanol–water partition coefficient (Wildman–Crippen LogP) is 6.93. The third kappa shape index (κ3) is 5.19. The van der Waals surface area contributed by atoms with E-state index in [-0.39, 0.29) is 40.5 Å². The molecule has 0 aliphatic heterocycles. The van der Waals surface area contributed by atoms with Crippen molar-refractivity contribution in [1.29, 1.82) is 0 Å². The van der Waals surface area contributed by atoms with E-state index in [1.54, 1.807) is 0 Å². The van der Waals surface area contributed by atoms with Crippen molar-refractivity contribution in [3.05, 3.63) is 115 Å². The normalized spacial score (nSPS) is 10.6. The van der Waals surface area contributed by atoms with Crippen LogP contribution in [0.1, 0.15) is 10.4 Å². The van der Waals surface area contributed by atoms with Crippen molar-refractivity contribution in [3.63, 3.8) is 0 Å². The second-order valence-electron chi connectivity index (χ2n) is 7.49. The fraction of sp³-hybridized carbons (Fsp3) is 0.0357. The van der Waals surface area contributed by atoms with Crippen LogP contribution in [0.2, 0.25) is 0 Å². The summed E-state index contributed by atoms with van der Waals surface area (Å²) in [7, 11) is 0. The van der Waals surface area contributed by atoms with E-state index in [0.717, 1.165) is 6.07 Å². The first-order valence-corrected chi connectivity index (χ1v) is 10.5. The van der Waals surface area contributed by atoms with Crippen LogP contribution in [0, 0.1) is 17.5 Å². The largest absolute Gasteiger partial charge is 0.508 e. The third-order valence-electron chi connectivity index (χ3n) is 5.17. The van der Waals surface area contributed by atoms with Gasteiger partial charge in [0, 0.05) is 17.2 Å². The molecule has 0 heterocycles. The highest BCUT2D eigenvalue weighted by atomic mass is 19.2. The SMILES string of the molecule is C=CCOc1ccc(OC(=O)c2ccc(-c3ccc(-c4ccc(O)cc4)c(F)c3F)cc2)c(F)c1. The lowest BCUT2D eigenvalue weighted by molar-refractivity contribution is 0.0727. The molecule has 0 radical (unpaired) electrons. The van der Waals surface area contributed by atoms with Gasteiger partial charge in [-0.25, -0.2) is 18.0 Å². The summed E-state index contributed by atoms with van der Waals surface area (Å²) in [5, 5.41) is 9.39. The quantitative estimate of drug-likeness (QED) is 0.179. The van der Waals surface area contributed by atoms with Gasteiger partial charge in [0.25, 0.3) is 0 Å². The molecule has 35 heavy (non-hydrogen) atoms. The van der Waals surface area contributed by atoms with Crippen molar-refractivity contribution in [1.82, 2.24) is 0 Å². The van der Waals surface area contributed by atoms with Crippen LogP contribution in [0.15, 0.2) is 91.5 Å². The molecule has 0 spiro atoms. The zero-order valence-electron chi connectivity index (χ0n) is 18.3. The van der Waals surface area contributed by atoms with E-state index < -0.39 is 23.4 Å². The van der Waals surface area contributed by atoms with Gasteiger partial charge in [0.05, 0.1) is 5.56 Å². The van der Waals surface area contributed by atoms with Crippen LogP contribution in [-0.2, 0) is 0 Å². The molecule has 0 saturated carbocycles. The first-order valence-electron chi connectivity index (χ1n) is 10.5. The maximum absolute atomic E-state index is 14.8. The Morgan fingerprint density at radius 1 is 0.829 bits per heavy atom. The zero-order valence-corrected chi connectivity index (χ0v) is 18.3. The summed E-state index contributed by atoms with van der Waals surface area (Å²) in [6.45, 7) is 3.71. The summed E-state index contributed by atoms with van der Waals surface area (Å²) in [5.41, 5.74) is 0.906. The average molecular weight is 476 g/mol. The molecule has 0 aliphatic rings. The first kappa shape index (κ1) is 23.6. The van der Waals surface area contributed by atoms with Crippen LogP contribution < -0.4 is 9.47 Å². The number of halogens is 3. The molecule has 0 aliphatic carbocycles. The maximum Gasteiger partial charge on any atom is 0.343 e. The van der Waals surface area contributed by atoms with Gasteiger partial charge in [0.1, 0.15) is 18.1 Å². The van der Waals surface area contributed by atoms with Gasteiger partial charge in [-0.15, -0.1) is 0 Å². The Morgan fingerprint density at radius 2 is 1.40 bits per heavy atom. The maximum atomic E-state index is 14.8. The molecule has 4 aromatic carbocycles. The lowest BCUT2D eigenvalue weighted by Gasteiger charge is -2.10. The Labute approximate surface area is 199 Å². The standard InChI is InChI=1S/C28H19F3O4/c1-2-15-34-21-11-14-25(24(29)16-21)35-28(33)19-5-3-17(4-6-19)22-12-13-23(27(31)26(22)30)18-7-9-20(32)10-8-18/h2-14,16,32H,1,15H2. The summed E-state index contributed by atoms with van der Waals surface area (Å²) in [4.78, 5) is 12.4. The average Bonchev–Trinajstić information content (AvgIpc) is 2.86. The van der Waals surface area contributed by atoms with Gasteiger partial charge >= 0.3 is 5.97 Å². The number of esters is 1. The molecular weight excluding hydrogens is 457 g/mol. The van der Waals surface area contributed by atoms with E-state index in [4.69, 9.17) is 9.47 Å². The van der Waals surface area contributed by atoms with E-state index in [0.29, 0.717) is 11.1 Å². The van der Waals surface area contributed by atoms with Gasteiger partial charge in [-0.1, -0.05) is 49.1 Å². The van der Waals surface area contributed by atoms with Gasteiger partial charge in [0.2, 0.25) is 0 Å². The molecule has 4 aromatic rings. The zero-order chi connectivity index (χ0) is 24.9. The Hall–Kier alpha value is -4.52. The van der Waals surface area contributed by atoms with Crippen molar-refractivity contribution in [2.45, 2.75) is 0 Å². The summed E-state index contributed by atoms with van der Waals surface area (Å²) < 4.78 is 54.2.